The maximum absolute atomic E-state index is 11.6. The standard InChI is InChI=1S/C16H23NO2/c1-2-15(19)13-6-8-14(9-7-13)17-16(12-18)10-4-3-5-11-16/h6-9,17-18H,2-5,10-12H2,1H3. The fourth-order valence-electron chi connectivity index (χ4n) is 2.80. The Balaban J connectivity index is 2.07. The molecule has 3 heteroatoms. The lowest BCUT2D eigenvalue weighted by Crippen LogP contribution is -2.43. The van der Waals surface area contributed by atoms with Crippen LogP contribution in [0.25, 0.3) is 0 Å². The minimum absolute atomic E-state index is 0.168. The molecule has 1 aliphatic rings. The number of Topliss-reactive ketones (excluding diaryl/α,β-unsaturated/α-hetero) is 1. The lowest BCUT2D eigenvalue weighted by molar-refractivity contribution is 0.0988. The zero-order valence-electron chi connectivity index (χ0n) is 11.6. The second-order valence-electron chi connectivity index (χ2n) is 5.48. The summed E-state index contributed by atoms with van der Waals surface area (Å²) >= 11 is 0. The lowest BCUT2D eigenvalue weighted by Gasteiger charge is -2.37. The van der Waals surface area contributed by atoms with E-state index in [1.54, 1.807) is 0 Å². The SMILES string of the molecule is CCC(=O)c1ccc(NC2(CO)CCCCC2)cc1. The number of nitrogens with one attached hydrogen (secondary N) is 1. The Morgan fingerprint density at radius 1 is 1.21 bits per heavy atom. The molecule has 3 nitrogen and oxygen atoms in total. The zero-order chi connectivity index (χ0) is 13.7. The first-order valence-electron chi connectivity index (χ1n) is 7.21. The van der Waals surface area contributed by atoms with Crippen LogP contribution >= 0.6 is 0 Å². The molecule has 2 rings (SSSR count). The highest BCUT2D eigenvalue weighted by molar-refractivity contribution is 5.96. The van der Waals surface area contributed by atoms with Gasteiger partial charge >= 0.3 is 0 Å². The predicted molar refractivity (Wildman–Crippen MR) is 77.6 cm³/mol. The number of ketones is 1. The van der Waals surface area contributed by atoms with Gasteiger partial charge in [-0.1, -0.05) is 26.2 Å². The molecule has 19 heavy (non-hydrogen) atoms. The smallest absolute Gasteiger partial charge is 0.162 e. The Hall–Kier alpha value is -1.35. The van der Waals surface area contributed by atoms with E-state index in [0.717, 1.165) is 24.1 Å². The van der Waals surface area contributed by atoms with Crippen LogP contribution in [0, 0.1) is 0 Å². The quantitative estimate of drug-likeness (QED) is 0.799. The van der Waals surface area contributed by atoms with Crippen molar-refractivity contribution in [2.45, 2.75) is 51.0 Å². The van der Waals surface area contributed by atoms with Gasteiger partial charge in [0.05, 0.1) is 12.1 Å². The molecule has 1 aromatic carbocycles. The number of carbonyl (C=O) groups excluding carboxylic acids is 1. The number of benzene rings is 1. The summed E-state index contributed by atoms with van der Waals surface area (Å²) in [5, 5.41) is 13.1. The van der Waals surface area contributed by atoms with E-state index in [1.165, 1.54) is 19.3 Å². The summed E-state index contributed by atoms with van der Waals surface area (Å²) < 4.78 is 0. The average Bonchev–Trinajstić information content (AvgIpc) is 2.48. The normalized spacial score (nSPS) is 18.0. The molecule has 0 unspecified atom stereocenters. The molecule has 0 spiro atoms. The van der Waals surface area contributed by atoms with Crippen LogP contribution in [-0.2, 0) is 0 Å². The third-order valence-corrected chi connectivity index (χ3v) is 4.05. The van der Waals surface area contributed by atoms with Crippen molar-refractivity contribution in [3.63, 3.8) is 0 Å². The van der Waals surface area contributed by atoms with Gasteiger partial charge in [-0.2, -0.15) is 0 Å². The van der Waals surface area contributed by atoms with Gasteiger partial charge in [0.15, 0.2) is 5.78 Å². The molecule has 0 heterocycles. The minimum Gasteiger partial charge on any atom is -0.394 e. The number of hydrogen-bond acceptors (Lipinski definition) is 3. The first kappa shape index (κ1) is 14.1. The van der Waals surface area contributed by atoms with Crippen LogP contribution in [0.5, 0.6) is 0 Å². The van der Waals surface area contributed by atoms with E-state index in [-0.39, 0.29) is 17.9 Å². The predicted octanol–water partition coefficient (Wildman–Crippen LogP) is 3.39. The summed E-state index contributed by atoms with van der Waals surface area (Å²) in [6, 6.07) is 7.61. The molecule has 1 aliphatic carbocycles. The van der Waals surface area contributed by atoms with Crippen LogP contribution in [0.1, 0.15) is 55.8 Å². The topological polar surface area (TPSA) is 49.3 Å². The highest BCUT2D eigenvalue weighted by Gasteiger charge is 2.30. The highest BCUT2D eigenvalue weighted by atomic mass is 16.3. The monoisotopic (exact) mass is 261 g/mol. The van der Waals surface area contributed by atoms with Crippen LogP contribution in [0.3, 0.4) is 0 Å². The minimum atomic E-state index is -0.172. The Labute approximate surface area is 115 Å². The third-order valence-electron chi connectivity index (χ3n) is 4.05. The molecule has 104 valence electrons. The summed E-state index contributed by atoms with van der Waals surface area (Å²) in [5.74, 6) is 0.168. The molecule has 1 aromatic rings. The van der Waals surface area contributed by atoms with Gasteiger partial charge < -0.3 is 10.4 Å². The number of rotatable bonds is 5. The fourth-order valence-corrected chi connectivity index (χ4v) is 2.80. The van der Waals surface area contributed by atoms with Crippen LogP contribution < -0.4 is 5.32 Å². The van der Waals surface area contributed by atoms with E-state index >= 15 is 0 Å². The van der Waals surface area contributed by atoms with Gasteiger partial charge in [0, 0.05) is 17.7 Å². The van der Waals surface area contributed by atoms with E-state index < -0.39 is 0 Å². The first-order chi connectivity index (χ1) is 9.19. The van der Waals surface area contributed by atoms with E-state index in [1.807, 2.05) is 31.2 Å². The van der Waals surface area contributed by atoms with Gasteiger partial charge in [0.1, 0.15) is 0 Å². The Morgan fingerprint density at radius 3 is 2.37 bits per heavy atom. The van der Waals surface area contributed by atoms with Gasteiger partial charge in [0.25, 0.3) is 0 Å². The van der Waals surface area contributed by atoms with E-state index in [4.69, 9.17) is 0 Å². The number of carbonyl (C=O) groups is 1. The van der Waals surface area contributed by atoms with E-state index in [2.05, 4.69) is 5.32 Å². The van der Waals surface area contributed by atoms with Crippen molar-refractivity contribution in [1.82, 2.24) is 0 Å². The van der Waals surface area contributed by atoms with E-state index in [0.29, 0.717) is 6.42 Å². The highest BCUT2D eigenvalue weighted by Crippen LogP contribution is 2.31. The third kappa shape index (κ3) is 3.35. The van der Waals surface area contributed by atoms with Crippen molar-refractivity contribution in [3.8, 4) is 0 Å². The molecule has 0 saturated heterocycles. The molecule has 2 N–H and O–H groups in total. The summed E-state index contributed by atoms with van der Waals surface area (Å²) in [6.07, 6.45) is 6.15. The second kappa shape index (κ2) is 6.20. The molecule has 0 bridgehead atoms. The van der Waals surface area contributed by atoms with Crippen molar-refractivity contribution >= 4 is 11.5 Å². The molecule has 1 fully saturated rings. The summed E-state index contributed by atoms with van der Waals surface area (Å²) in [6.45, 7) is 2.04. The summed E-state index contributed by atoms with van der Waals surface area (Å²) in [5.41, 5.74) is 1.58. The van der Waals surface area contributed by atoms with Crippen molar-refractivity contribution in [2.24, 2.45) is 0 Å². The zero-order valence-corrected chi connectivity index (χ0v) is 11.6. The number of aliphatic hydroxyl groups is 1. The molecule has 1 saturated carbocycles. The number of aliphatic hydroxyl groups excluding tert-OH is 1. The van der Waals surface area contributed by atoms with E-state index in [9.17, 15) is 9.90 Å². The van der Waals surface area contributed by atoms with Crippen molar-refractivity contribution < 1.29 is 9.90 Å². The average molecular weight is 261 g/mol. The molecule has 0 amide bonds. The lowest BCUT2D eigenvalue weighted by atomic mass is 9.82. The second-order valence-corrected chi connectivity index (χ2v) is 5.48. The van der Waals surface area contributed by atoms with Crippen molar-refractivity contribution in [3.05, 3.63) is 29.8 Å². The molecular formula is C16H23NO2. The van der Waals surface area contributed by atoms with Gasteiger partial charge in [-0.05, 0) is 37.1 Å². The molecule has 0 aliphatic heterocycles. The van der Waals surface area contributed by atoms with Gasteiger partial charge in [-0.25, -0.2) is 0 Å². The molecule has 0 radical (unpaired) electrons. The van der Waals surface area contributed by atoms with Crippen molar-refractivity contribution in [1.29, 1.82) is 0 Å². The fraction of sp³-hybridized carbons (Fsp3) is 0.562. The van der Waals surface area contributed by atoms with Crippen molar-refractivity contribution in [2.75, 3.05) is 11.9 Å². The largest absolute Gasteiger partial charge is 0.394 e. The van der Waals surface area contributed by atoms with Crippen LogP contribution in [0.15, 0.2) is 24.3 Å². The van der Waals surface area contributed by atoms with Gasteiger partial charge in [-0.15, -0.1) is 0 Å². The Morgan fingerprint density at radius 2 is 1.84 bits per heavy atom. The maximum Gasteiger partial charge on any atom is 0.162 e. The summed E-state index contributed by atoms with van der Waals surface area (Å²) in [7, 11) is 0. The van der Waals surface area contributed by atoms with Gasteiger partial charge in [0.2, 0.25) is 0 Å². The Kier molecular flexibility index (Phi) is 4.59. The molecule has 0 aromatic heterocycles. The Bertz CT molecular complexity index is 419. The van der Waals surface area contributed by atoms with Gasteiger partial charge in [-0.3, -0.25) is 4.79 Å². The molecular weight excluding hydrogens is 238 g/mol. The van der Waals surface area contributed by atoms with Crippen LogP contribution in [0.2, 0.25) is 0 Å². The number of hydrogen-bond donors (Lipinski definition) is 2. The summed E-state index contributed by atoms with van der Waals surface area (Å²) in [4.78, 5) is 11.6. The number of anilines is 1. The van der Waals surface area contributed by atoms with Crippen LogP contribution in [-0.4, -0.2) is 23.0 Å². The van der Waals surface area contributed by atoms with Crippen LogP contribution in [0.4, 0.5) is 5.69 Å². The molecule has 0 atom stereocenters. The maximum atomic E-state index is 11.6. The first-order valence-corrected chi connectivity index (χ1v) is 7.21.